The minimum Gasteiger partial charge on any atom is -0.143 e. The molecule has 4 saturated carbocycles. The van der Waals surface area contributed by atoms with Crippen LogP contribution in [0.3, 0.4) is 0 Å². The zero-order chi connectivity index (χ0) is 13.7. The van der Waals surface area contributed by atoms with Crippen LogP contribution in [0.4, 0.5) is 0 Å². The lowest BCUT2D eigenvalue weighted by molar-refractivity contribution is -0.0522. The van der Waals surface area contributed by atoms with Crippen LogP contribution in [0.2, 0.25) is 0 Å². The fourth-order valence-corrected chi connectivity index (χ4v) is 6.92. The van der Waals surface area contributed by atoms with E-state index in [0.29, 0.717) is 10.2 Å². The molecule has 4 aliphatic carbocycles. The van der Waals surface area contributed by atoms with Crippen molar-refractivity contribution in [3.63, 3.8) is 0 Å². The lowest BCUT2D eigenvalue weighted by Gasteiger charge is -2.56. The van der Waals surface area contributed by atoms with E-state index in [1.54, 1.807) is 0 Å². The van der Waals surface area contributed by atoms with Crippen LogP contribution < -0.4 is 0 Å². The van der Waals surface area contributed by atoms with Crippen LogP contribution in [0, 0.1) is 23.2 Å². The van der Waals surface area contributed by atoms with E-state index in [9.17, 15) is 0 Å². The third kappa shape index (κ3) is 2.37. The molecule has 4 aliphatic rings. The van der Waals surface area contributed by atoms with Crippen molar-refractivity contribution in [2.45, 2.75) is 63.1 Å². The highest BCUT2D eigenvalue weighted by molar-refractivity contribution is 9.09. The van der Waals surface area contributed by atoms with E-state index >= 15 is 0 Å². The number of hydrogen-bond acceptors (Lipinski definition) is 3. The summed E-state index contributed by atoms with van der Waals surface area (Å²) in [6, 6.07) is 0. The monoisotopic (exact) mass is 354 g/mol. The summed E-state index contributed by atoms with van der Waals surface area (Å²) in [6.45, 7) is 2.19. The van der Waals surface area contributed by atoms with Gasteiger partial charge in [-0.25, -0.2) is 0 Å². The van der Waals surface area contributed by atoms with E-state index < -0.39 is 0 Å². The van der Waals surface area contributed by atoms with Crippen molar-refractivity contribution in [1.29, 1.82) is 0 Å². The smallest absolute Gasteiger partial charge is 0.131 e. The minimum atomic E-state index is 0.394. The summed E-state index contributed by atoms with van der Waals surface area (Å²) in [6.07, 6.45) is 11.3. The molecule has 0 amide bonds. The molecule has 4 bridgehead atoms. The maximum absolute atomic E-state index is 4.50. The van der Waals surface area contributed by atoms with E-state index in [1.807, 2.05) is 11.3 Å². The average Bonchev–Trinajstić information content (AvgIpc) is 2.83. The minimum absolute atomic E-state index is 0.394. The molecule has 0 radical (unpaired) electrons. The summed E-state index contributed by atoms with van der Waals surface area (Å²) in [7, 11) is 0. The lowest BCUT2D eigenvalue weighted by Crippen LogP contribution is -2.47. The van der Waals surface area contributed by atoms with Crippen molar-refractivity contribution < 1.29 is 0 Å². The van der Waals surface area contributed by atoms with E-state index in [-0.39, 0.29) is 0 Å². The Labute approximate surface area is 133 Å². The molecule has 20 heavy (non-hydrogen) atoms. The standard InChI is InChI=1S/C16H23BrN2S/c1-2-13(17)15-19-18-14(20-15)9-16-6-10-3-11(7-16)5-12(4-10)8-16/h10-13H,2-9H2,1H3. The van der Waals surface area contributed by atoms with Gasteiger partial charge in [-0.1, -0.05) is 22.9 Å². The molecule has 1 atom stereocenters. The third-order valence-corrected chi connectivity index (χ3v) is 8.22. The molecule has 0 saturated heterocycles. The van der Waals surface area contributed by atoms with Crippen LogP contribution in [0.1, 0.15) is 66.7 Å². The Morgan fingerprint density at radius 2 is 1.75 bits per heavy atom. The third-order valence-electron chi connectivity index (χ3n) is 5.80. The SMILES string of the molecule is CCC(Br)c1nnc(CC23CC4CC(CC(C4)C2)C3)s1. The molecule has 110 valence electrons. The topological polar surface area (TPSA) is 25.8 Å². The maximum atomic E-state index is 4.50. The number of nitrogens with zero attached hydrogens (tertiary/aromatic N) is 2. The first-order valence-corrected chi connectivity index (χ1v) is 9.85. The molecule has 4 heteroatoms. The largest absolute Gasteiger partial charge is 0.143 e. The van der Waals surface area contributed by atoms with Gasteiger partial charge in [-0.2, -0.15) is 0 Å². The van der Waals surface area contributed by atoms with Gasteiger partial charge >= 0.3 is 0 Å². The van der Waals surface area contributed by atoms with Crippen LogP contribution in [0.15, 0.2) is 0 Å². The van der Waals surface area contributed by atoms with Crippen molar-refractivity contribution in [3.8, 4) is 0 Å². The Morgan fingerprint density at radius 3 is 2.30 bits per heavy atom. The van der Waals surface area contributed by atoms with Gasteiger partial charge in [-0.15, -0.1) is 21.5 Å². The van der Waals surface area contributed by atoms with E-state index in [4.69, 9.17) is 0 Å². The first kappa shape index (κ1) is 13.7. The fraction of sp³-hybridized carbons (Fsp3) is 0.875. The van der Waals surface area contributed by atoms with Crippen molar-refractivity contribution in [3.05, 3.63) is 10.0 Å². The summed E-state index contributed by atoms with van der Waals surface area (Å²) in [5.41, 5.74) is 0.597. The lowest BCUT2D eigenvalue weighted by atomic mass is 9.49. The van der Waals surface area contributed by atoms with Crippen LogP contribution >= 0.6 is 27.3 Å². The molecular weight excluding hydrogens is 332 g/mol. The first-order chi connectivity index (χ1) is 9.66. The van der Waals surface area contributed by atoms with Crippen LogP contribution in [-0.4, -0.2) is 10.2 Å². The van der Waals surface area contributed by atoms with Gasteiger partial charge in [0, 0.05) is 6.42 Å². The average molecular weight is 355 g/mol. The molecular formula is C16H23BrN2S. The van der Waals surface area contributed by atoms with Gasteiger partial charge in [0.25, 0.3) is 0 Å². The van der Waals surface area contributed by atoms with Crippen LogP contribution in [-0.2, 0) is 6.42 Å². The number of alkyl halides is 1. The predicted octanol–water partition coefficient (Wildman–Crippen LogP) is 5.14. The summed E-state index contributed by atoms with van der Waals surface area (Å²) in [4.78, 5) is 0.394. The Bertz CT molecular complexity index is 463. The van der Waals surface area contributed by atoms with Crippen LogP contribution in [0.5, 0.6) is 0 Å². The van der Waals surface area contributed by atoms with Gasteiger partial charge in [0.05, 0.1) is 4.83 Å². The normalized spacial score (nSPS) is 40.2. The molecule has 1 heterocycles. The summed E-state index contributed by atoms with van der Waals surface area (Å²) < 4.78 is 0. The second-order valence-corrected chi connectivity index (χ2v) is 9.70. The predicted molar refractivity (Wildman–Crippen MR) is 86.2 cm³/mol. The Kier molecular flexibility index (Phi) is 3.45. The number of aromatic nitrogens is 2. The summed E-state index contributed by atoms with van der Waals surface area (Å²) >= 11 is 5.54. The molecule has 1 aromatic rings. The molecule has 0 aliphatic heterocycles. The van der Waals surface area contributed by atoms with Crippen molar-refractivity contribution in [1.82, 2.24) is 10.2 Å². The molecule has 1 aromatic heterocycles. The van der Waals surface area contributed by atoms with E-state index in [2.05, 4.69) is 33.1 Å². The fourth-order valence-electron chi connectivity index (χ4n) is 5.47. The highest BCUT2D eigenvalue weighted by Crippen LogP contribution is 2.61. The quantitative estimate of drug-likeness (QED) is 0.699. The zero-order valence-corrected chi connectivity index (χ0v) is 14.5. The van der Waals surface area contributed by atoms with Gasteiger partial charge < -0.3 is 0 Å². The summed E-state index contributed by atoms with van der Waals surface area (Å²) in [5.74, 6) is 3.11. The zero-order valence-electron chi connectivity index (χ0n) is 12.1. The molecule has 5 rings (SSSR count). The molecule has 4 fully saturated rings. The van der Waals surface area contributed by atoms with E-state index in [1.165, 1.54) is 55.0 Å². The molecule has 0 aromatic carbocycles. The van der Waals surface area contributed by atoms with Crippen LogP contribution in [0.25, 0.3) is 0 Å². The van der Waals surface area contributed by atoms with Gasteiger partial charge in [0.2, 0.25) is 0 Å². The highest BCUT2D eigenvalue weighted by Gasteiger charge is 2.51. The Hall–Kier alpha value is 0.0400. The molecule has 0 N–H and O–H groups in total. The van der Waals surface area contributed by atoms with Gasteiger partial charge in [-0.3, -0.25) is 0 Å². The number of hydrogen-bond donors (Lipinski definition) is 0. The number of rotatable bonds is 4. The Balaban J connectivity index is 1.52. The maximum Gasteiger partial charge on any atom is 0.131 e. The molecule has 0 spiro atoms. The number of halogens is 1. The van der Waals surface area contributed by atoms with E-state index in [0.717, 1.165) is 24.2 Å². The first-order valence-electron chi connectivity index (χ1n) is 8.12. The second-order valence-electron chi connectivity index (χ2n) is 7.50. The highest BCUT2D eigenvalue weighted by atomic mass is 79.9. The van der Waals surface area contributed by atoms with Gasteiger partial charge in [-0.05, 0) is 68.1 Å². The van der Waals surface area contributed by atoms with Crippen molar-refractivity contribution in [2.24, 2.45) is 23.2 Å². The van der Waals surface area contributed by atoms with Gasteiger partial charge in [0.1, 0.15) is 10.0 Å². The Morgan fingerprint density at radius 1 is 1.15 bits per heavy atom. The molecule has 2 nitrogen and oxygen atoms in total. The van der Waals surface area contributed by atoms with Crippen molar-refractivity contribution in [2.75, 3.05) is 0 Å². The van der Waals surface area contributed by atoms with Crippen molar-refractivity contribution >= 4 is 27.3 Å². The van der Waals surface area contributed by atoms with Gasteiger partial charge in [0.15, 0.2) is 0 Å². The summed E-state index contributed by atoms with van der Waals surface area (Å²) in [5, 5.41) is 11.4. The second kappa shape index (κ2) is 5.05. The molecule has 1 unspecified atom stereocenters.